The van der Waals surface area contributed by atoms with Gasteiger partial charge in [-0.15, -0.1) is 5.10 Å². The van der Waals surface area contributed by atoms with Crippen LogP contribution in [0.15, 0.2) is 54.6 Å². The number of benzene rings is 2. The van der Waals surface area contributed by atoms with E-state index in [1.807, 2.05) is 54.6 Å². The summed E-state index contributed by atoms with van der Waals surface area (Å²) < 4.78 is 0. The lowest BCUT2D eigenvalue weighted by Crippen LogP contribution is -2.13. The molecule has 3 rings (SSSR count). The maximum atomic E-state index is 11.9. The lowest BCUT2D eigenvalue weighted by Gasteiger charge is -2.05. The Labute approximate surface area is 122 Å². The van der Waals surface area contributed by atoms with Gasteiger partial charge in [0.1, 0.15) is 5.82 Å². The number of nitrogens with zero attached hydrogens (tertiary/aromatic N) is 2. The van der Waals surface area contributed by atoms with Crippen molar-refractivity contribution >= 4 is 11.6 Å². The second-order valence-corrected chi connectivity index (χ2v) is 4.64. The first-order chi connectivity index (χ1) is 10.2. The fourth-order valence-corrected chi connectivity index (χ4v) is 2.01. The molecule has 3 aromatic rings. The number of carbonyl (C=O) groups excluding carboxylic acids is 1. The smallest absolute Gasteiger partial charge is 0.295 e. The van der Waals surface area contributed by atoms with E-state index in [1.54, 1.807) is 6.92 Å². The highest BCUT2D eigenvalue weighted by molar-refractivity contribution is 6.01. The molecule has 5 heteroatoms. The van der Waals surface area contributed by atoms with E-state index in [9.17, 15) is 4.79 Å². The number of amides is 1. The van der Waals surface area contributed by atoms with Gasteiger partial charge in [0, 0.05) is 5.69 Å². The first-order valence-electron chi connectivity index (χ1n) is 6.58. The van der Waals surface area contributed by atoms with Gasteiger partial charge < -0.3 is 5.32 Å². The third kappa shape index (κ3) is 2.97. The van der Waals surface area contributed by atoms with Crippen molar-refractivity contribution in [1.29, 1.82) is 0 Å². The van der Waals surface area contributed by atoms with Crippen LogP contribution in [0, 0.1) is 6.92 Å². The predicted molar refractivity (Wildman–Crippen MR) is 81.0 cm³/mol. The van der Waals surface area contributed by atoms with Crippen LogP contribution < -0.4 is 5.32 Å². The van der Waals surface area contributed by atoms with Crippen molar-refractivity contribution in [2.75, 3.05) is 5.32 Å². The lowest BCUT2D eigenvalue weighted by molar-refractivity contribution is 0.101. The quantitative estimate of drug-likeness (QED) is 0.773. The highest BCUT2D eigenvalue weighted by Crippen LogP contribution is 2.21. The van der Waals surface area contributed by atoms with Crippen LogP contribution in [0.3, 0.4) is 0 Å². The molecular formula is C16H14N4O. The monoisotopic (exact) mass is 278 g/mol. The summed E-state index contributed by atoms with van der Waals surface area (Å²) in [6.45, 7) is 1.75. The molecule has 0 bridgehead atoms. The van der Waals surface area contributed by atoms with Crippen LogP contribution in [0.2, 0.25) is 0 Å². The highest BCUT2D eigenvalue weighted by atomic mass is 16.2. The molecule has 1 amide bonds. The lowest BCUT2D eigenvalue weighted by atomic mass is 10.1. The third-order valence-electron chi connectivity index (χ3n) is 3.05. The Morgan fingerprint density at radius 3 is 2.29 bits per heavy atom. The number of hydrogen-bond acceptors (Lipinski definition) is 3. The summed E-state index contributed by atoms with van der Waals surface area (Å²) >= 11 is 0. The van der Waals surface area contributed by atoms with Crippen LogP contribution >= 0.6 is 0 Å². The van der Waals surface area contributed by atoms with E-state index in [0.29, 0.717) is 11.5 Å². The van der Waals surface area contributed by atoms with Crippen LogP contribution in [0.4, 0.5) is 5.69 Å². The van der Waals surface area contributed by atoms with E-state index < -0.39 is 0 Å². The molecule has 5 nitrogen and oxygen atoms in total. The molecule has 0 aliphatic heterocycles. The maximum absolute atomic E-state index is 11.9. The van der Waals surface area contributed by atoms with Gasteiger partial charge in [0.05, 0.1) is 0 Å². The van der Waals surface area contributed by atoms with Crippen LogP contribution in [0.5, 0.6) is 0 Å². The molecule has 0 aliphatic carbocycles. The largest absolute Gasteiger partial charge is 0.319 e. The first-order valence-corrected chi connectivity index (χ1v) is 6.58. The summed E-state index contributed by atoms with van der Waals surface area (Å²) in [4.78, 5) is 15.9. The van der Waals surface area contributed by atoms with Crippen LogP contribution in [-0.2, 0) is 0 Å². The SMILES string of the molecule is Cc1nc(C(=O)Nc2ccc(-c3ccccc3)cc2)n[nH]1. The van der Waals surface area contributed by atoms with Gasteiger partial charge in [-0.3, -0.25) is 9.89 Å². The van der Waals surface area contributed by atoms with E-state index in [4.69, 9.17) is 0 Å². The molecule has 104 valence electrons. The summed E-state index contributed by atoms with van der Waals surface area (Å²) in [5.41, 5.74) is 2.95. The van der Waals surface area contributed by atoms with Gasteiger partial charge in [-0.25, -0.2) is 4.98 Å². The van der Waals surface area contributed by atoms with E-state index in [-0.39, 0.29) is 11.7 Å². The topological polar surface area (TPSA) is 70.7 Å². The van der Waals surface area contributed by atoms with Crippen molar-refractivity contribution in [1.82, 2.24) is 15.2 Å². The van der Waals surface area contributed by atoms with Crippen LogP contribution in [-0.4, -0.2) is 21.1 Å². The van der Waals surface area contributed by atoms with E-state index in [2.05, 4.69) is 20.5 Å². The molecular weight excluding hydrogens is 264 g/mol. The predicted octanol–water partition coefficient (Wildman–Crippen LogP) is 3.03. The molecule has 0 aliphatic rings. The molecule has 1 heterocycles. The van der Waals surface area contributed by atoms with Crippen molar-refractivity contribution < 1.29 is 4.79 Å². The minimum absolute atomic E-state index is 0.139. The maximum Gasteiger partial charge on any atom is 0.295 e. The Kier molecular flexibility index (Phi) is 3.47. The summed E-state index contributed by atoms with van der Waals surface area (Å²) in [5, 5.41) is 9.24. The zero-order chi connectivity index (χ0) is 14.7. The molecule has 0 atom stereocenters. The van der Waals surface area contributed by atoms with Crippen molar-refractivity contribution in [3.05, 3.63) is 66.2 Å². The number of anilines is 1. The molecule has 0 saturated heterocycles. The number of rotatable bonds is 3. The zero-order valence-electron chi connectivity index (χ0n) is 11.5. The Bertz CT molecular complexity index is 747. The fraction of sp³-hybridized carbons (Fsp3) is 0.0625. The van der Waals surface area contributed by atoms with Gasteiger partial charge in [-0.05, 0) is 30.2 Å². The van der Waals surface area contributed by atoms with Gasteiger partial charge in [0.15, 0.2) is 0 Å². The molecule has 0 saturated carbocycles. The number of H-pyrrole nitrogens is 1. The molecule has 2 aromatic carbocycles. The van der Waals surface area contributed by atoms with Crippen LogP contribution in [0.25, 0.3) is 11.1 Å². The number of aromatic nitrogens is 3. The molecule has 2 N–H and O–H groups in total. The summed E-state index contributed by atoms with van der Waals surface area (Å²) in [6.07, 6.45) is 0. The summed E-state index contributed by atoms with van der Waals surface area (Å²) in [6, 6.07) is 17.7. The number of aromatic amines is 1. The Balaban J connectivity index is 1.74. The van der Waals surface area contributed by atoms with Gasteiger partial charge in [-0.1, -0.05) is 42.5 Å². The van der Waals surface area contributed by atoms with Gasteiger partial charge in [0.25, 0.3) is 5.91 Å². The summed E-state index contributed by atoms with van der Waals surface area (Å²) in [5.74, 6) is 0.422. The van der Waals surface area contributed by atoms with Crippen molar-refractivity contribution in [2.45, 2.75) is 6.92 Å². The molecule has 0 spiro atoms. The normalized spacial score (nSPS) is 10.3. The van der Waals surface area contributed by atoms with Crippen molar-refractivity contribution in [3.8, 4) is 11.1 Å². The summed E-state index contributed by atoms with van der Waals surface area (Å²) in [7, 11) is 0. The minimum Gasteiger partial charge on any atom is -0.319 e. The standard InChI is InChI=1S/C16H14N4O/c1-11-17-15(20-19-11)16(21)18-14-9-7-13(8-10-14)12-5-3-2-4-6-12/h2-10H,1H3,(H,18,21)(H,17,19,20). The number of carbonyl (C=O) groups is 1. The van der Waals surface area contributed by atoms with Gasteiger partial charge in [0.2, 0.25) is 5.82 Å². The molecule has 0 radical (unpaired) electrons. The Morgan fingerprint density at radius 2 is 1.67 bits per heavy atom. The van der Waals surface area contributed by atoms with E-state index in [1.165, 1.54) is 0 Å². The van der Waals surface area contributed by atoms with Crippen molar-refractivity contribution in [2.24, 2.45) is 0 Å². The molecule has 21 heavy (non-hydrogen) atoms. The Hall–Kier alpha value is -2.95. The third-order valence-corrected chi connectivity index (χ3v) is 3.05. The second-order valence-electron chi connectivity index (χ2n) is 4.64. The minimum atomic E-state index is -0.327. The van der Waals surface area contributed by atoms with Gasteiger partial charge >= 0.3 is 0 Å². The first kappa shape index (κ1) is 13.1. The van der Waals surface area contributed by atoms with Gasteiger partial charge in [-0.2, -0.15) is 0 Å². The zero-order valence-corrected chi connectivity index (χ0v) is 11.5. The number of nitrogens with one attached hydrogen (secondary N) is 2. The average molecular weight is 278 g/mol. The van der Waals surface area contributed by atoms with Crippen molar-refractivity contribution in [3.63, 3.8) is 0 Å². The highest BCUT2D eigenvalue weighted by Gasteiger charge is 2.11. The van der Waals surface area contributed by atoms with Crippen LogP contribution in [0.1, 0.15) is 16.4 Å². The number of hydrogen-bond donors (Lipinski definition) is 2. The molecule has 0 fully saturated rings. The second kappa shape index (κ2) is 5.58. The van der Waals surface area contributed by atoms with E-state index in [0.717, 1.165) is 11.1 Å². The average Bonchev–Trinajstić information content (AvgIpc) is 2.96. The Morgan fingerprint density at radius 1 is 1.00 bits per heavy atom. The molecule has 1 aromatic heterocycles. The fourth-order valence-electron chi connectivity index (χ4n) is 2.01. The molecule has 0 unspecified atom stereocenters. The van der Waals surface area contributed by atoms with E-state index >= 15 is 0 Å². The number of aryl methyl sites for hydroxylation is 1.